The van der Waals surface area contributed by atoms with Crippen LogP contribution >= 0.6 is 22.6 Å². The second-order valence-electron chi connectivity index (χ2n) is 5.55. The quantitative estimate of drug-likeness (QED) is 0.227. The predicted molar refractivity (Wildman–Crippen MR) is 107 cm³/mol. The highest BCUT2D eigenvalue weighted by Gasteiger charge is 2.18. The molecule has 1 rings (SSSR count). The van der Waals surface area contributed by atoms with Gasteiger partial charge in [0.15, 0.2) is 11.0 Å². The molecule has 0 fully saturated rings. The fraction of sp³-hybridized carbons (Fsp3) is 0.588. The summed E-state index contributed by atoms with van der Waals surface area (Å²) in [7, 11) is -1.31. The number of hydrogen-bond donors (Lipinski definition) is 0. The Hall–Kier alpha value is -0.830. The number of nitrogens with zero attached hydrogens (tertiary/aromatic N) is 2. The number of alkyl halides is 1. The van der Waals surface area contributed by atoms with Crippen molar-refractivity contribution < 1.29 is 13.7 Å². The van der Waals surface area contributed by atoms with Gasteiger partial charge in [-0.25, -0.2) is 4.21 Å². The Morgan fingerprint density at radius 2 is 2.12 bits per heavy atom. The molecule has 0 aliphatic rings. The van der Waals surface area contributed by atoms with Gasteiger partial charge in [0.05, 0.1) is 18.0 Å². The smallest absolute Gasteiger partial charge is 0.306 e. The van der Waals surface area contributed by atoms with Crippen LogP contribution in [0.4, 0.5) is 0 Å². The SMILES string of the molecule is CCCC(I)S(=O)N=C(C[C@H](C)CC(=O)OCC)c1ccccn1. The number of carbonyl (C=O) groups excluding carboxylic acids is 1. The van der Waals surface area contributed by atoms with Gasteiger partial charge in [-0.2, -0.15) is 4.40 Å². The molecule has 0 spiro atoms. The molecular formula is C17H25IN2O3S. The molecular weight excluding hydrogens is 439 g/mol. The third-order valence-corrected chi connectivity index (χ3v) is 6.26. The molecule has 5 nitrogen and oxygen atoms in total. The predicted octanol–water partition coefficient (Wildman–Crippen LogP) is 4.08. The van der Waals surface area contributed by atoms with Crippen LogP contribution in [0, 0.1) is 5.92 Å². The molecule has 0 N–H and O–H groups in total. The monoisotopic (exact) mass is 464 g/mol. The van der Waals surface area contributed by atoms with Crippen molar-refractivity contribution in [1.82, 2.24) is 4.98 Å². The zero-order valence-corrected chi connectivity index (χ0v) is 17.4. The third kappa shape index (κ3) is 7.83. The topological polar surface area (TPSA) is 68.6 Å². The van der Waals surface area contributed by atoms with Crippen LogP contribution in [0.2, 0.25) is 0 Å². The van der Waals surface area contributed by atoms with Gasteiger partial charge < -0.3 is 4.74 Å². The summed E-state index contributed by atoms with van der Waals surface area (Å²) in [6, 6.07) is 5.57. The summed E-state index contributed by atoms with van der Waals surface area (Å²) < 4.78 is 21.8. The summed E-state index contributed by atoms with van der Waals surface area (Å²) in [6.45, 7) is 6.20. The summed E-state index contributed by atoms with van der Waals surface area (Å²) in [4.78, 5) is 16.0. The molecule has 0 aromatic carbocycles. The molecule has 2 unspecified atom stereocenters. The van der Waals surface area contributed by atoms with Crippen molar-refractivity contribution in [3.05, 3.63) is 30.1 Å². The molecule has 1 aromatic rings. The van der Waals surface area contributed by atoms with Crippen LogP contribution in [0.3, 0.4) is 0 Å². The molecule has 1 aromatic heterocycles. The van der Waals surface area contributed by atoms with Crippen LogP contribution in [0.5, 0.6) is 0 Å². The minimum atomic E-state index is -1.31. The van der Waals surface area contributed by atoms with E-state index < -0.39 is 11.0 Å². The minimum Gasteiger partial charge on any atom is -0.466 e. The fourth-order valence-corrected chi connectivity index (χ4v) is 4.02. The second-order valence-corrected chi connectivity index (χ2v) is 9.20. The lowest BCUT2D eigenvalue weighted by molar-refractivity contribution is -0.144. The number of pyridine rings is 1. The van der Waals surface area contributed by atoms with Crippen LogP contribution in [-0.4, -0.2) is 30.7 Å². The van der Waals surface area contributed by atoms with Gasteiger partial charge in [-0.05, 0) is 37.8 Å². The van der Waals surface area contributed by atoms with Crippen LogP contribution in [0.1, 0.15) is 52.1 Å². The fourth-order valence-electron chi connectivity index (χ4n) is 2.12. The van der Waals surface area contributed by atoms with Gasteiger partial charge in [0.1, 0.15) is 3.26 Å². The number of hydrogen-bond acceptors (Lipinski definition) is 4. The van der Waals surface area contributed by atoms with Gasteiger partial charge in [0.2, 0.25) is 0 Å². The molecule has 7 heteroatoms. The maximum absolute atomic E-state index is 12.4. The maximum Gasteiger partial charge on any atom is 0.306 e. The lowest BCUT2D eigenvalue weighted by Crippen LogP contribution is -2.16. The van der Waals surface area contributed by atoms with E-state index in [9.17, 15) is 9.00 Å². The lowest BCUT2D eigenvalue weighted by atomic mass is 9.99. The first kappa shape index (κ1) is 21.2. The Balaban J connectivity index is 2.90. The molecule has 0 radical (unpaired) electrons. The number of esters is 1. The molecule has 3 atom stereocenters. The molecule has 134 valence electrons. The highest BCUT2D eigenvalue weighted by molar-refractivity contribution is 14.1. The second kappa shape index (κ2) is 11.7. The van der Waals surface area contributed by atoms with Gasteiger partial charge >= 0.3 is 5.97 Å². The highest BCUT2D eigenvalue weighted by atomic mass is 127. The van der Waals surface area contributed by atoms with E-state index in [0.717, 1.165) is 12.8 Å². The Kier molecular flexibility index (Phi) is 10.3. The Labute approximate surface area is 160 Å². The van der Waals surface area contributed by atoms with Gasteiger partial charge in [0, 0.05) is 12.6 Å². The van der Waals surface area contributed by atoms with Crippen molar-refractivity contribution in [3.8, 4) is 0 Å². The number of aromatic nitrogens is 1. The summed E-state index contributed by atoms with van der Waals surface area (Å²) in [5.74, 6) is -0.176. The van der Waals surface area contributed by atoms with Gasteiger partial charge in [0.25, 0.3) is 0 Å². The van der Waals surface area contributed by atoms with Gasteiger partial charge in [-0.3, -0.25) is 9.78 Å². The Bertz CT molecular complexity index is 566. The molecule has 24 heavy (non-hydrogen) atoms. The zero-order valence-electron chi connectivity index (χ0n) is 14.4. The molecule has 0 amide bonds. The van der Waals surface area contributed by atoms with E-state index in [0.29, 0.717) is 30.9 Å². The van der Waals surface area contributed by atoms with Gasteiger partial charge in [-0.1, -0.05) is 48.9 Å². The van der Waals surface area contributed by atoms with Crippen LogP contribution in [-0.2, 0) is 20.5 Å². The highest BCUT2D eigenvalue weighted by Crippen LogP contribution is 2.18. The van der Waals surface area contributed by atoms with E-state index in [2.05, 4.69) is 38.9 Å². The van der Waals surface area contributed by atoms with E-state index in [4.69, 9.17) is 4.74 Å². The van der Waals surface area contributed by atoms with E-state index >= 15 is 0 Å². The van der Waals surface area contributed by atoms with Crippen molar-refractivity contribution in [2.45, 2.75) is 49.7 Å². The Morgan fingerprint density at radius 3 is 2.71 bits per heavy atom. The summed E-state index contributed by atoms with van der Waals surface area (Å²) in [5.41, 5.74) is 1.39. The van der Waals surface area contributed by atoms with E-state index in [1.54, 1.807) is 13.1 Å². The molecule has 1 heterocycles. The van der Waals surface area contributed by atoms with Crippen LogP contribution < -0.4 is 0 Å². The number of ether oxygens (including phenoxy) is 1. The van der Waals surface area contributed by atoms with Crippen molar-refractivity contribution in [1.29, 1.82) is 0 Å². The summed E-state index contributed by atoms with van der Waals surface area (Å²) in [5, 5.41) is 0. The molecule has 0 saturated carbocycles. The summed E-state index contributed by atoms with van der Waals surface area (Å²) >= 11 is 2.18. The number of rotatable bonds is 10. The van der Waals surface area contributed by atoms with E-state index in [-0.39, 0.29) is 15.1 Å². The maximum atomic E-state index is 12.4. The molecule has 0 aliphatic carbocycles. The largest absolute Gasteiger partial charge is 0.466 e. The minimum absolute atomic E-state index is 0.0216. The zero-order chi connectivity index (χ0) is 17.9. The van der Waals surface area contributed by atoms with Crippen LogP contribution in [0.15, 0.2) is 28.8 Å². The molecule has 0 bridgehead atoms. The lowest BCUT2D eigenvalue weighted by Gasteiger charge is -2.13. The van der Waals surface area contributed by atoms with Crippen molar-refractivity contribution >= 4 is 45.3 Å². The van der Waals surface area contributed by atoms with E-state index in [1.165, 1.54) is 0 Å². The van der Waals surface area contributed by atoms with Crippen molar-refractivity contribution in [2.75, 3.05) is 6.61 Å². The average molecular weight is 464 g/mol. The van der Waals surface area contributed by atoms with E-state index in [1.807, 2.05) is 25.1 Å². The number of halogens is 1. The third-order valence-electron chi connectivity index (χ3n) is 3.26. The standard InChI is InChI=1S/C17H25IN2O3S/c1-4-8-16(18)24(22)20-15(14-9-6-7-10-19-14)11-13(3)12-17(21)23-5-2/h6-7,9-10,13,16H,4-5,8,11-12H2,1-3H3/t13-,16?,24?/m0/s1. The Morgan fingerprint density at radius 1 is 1.38 bits per heavy atom. The van der Waals surface area contributed by atoms with Gasteiger partial charge in [-0.15, -0.1) is 0 Å². The first-order chi connectivity index (χ1) is 11.5. The normalized spacial score (nSPS) is 15.6. The van der Waals surface area contributed by atoms with Crippen molar-refractivity contribution in [3.63, 3.8) is 0 Å². The van der Waals surface area contributed by atoms with Crippen LogP contribution in [0.25, 0.3) is 0 Å². The summed E-state index contributed by atoms with van der Waals surface area (Å²) in [6.07, 6.45) is 4.36. The number of carbonyl (C=O) groups is 1. The van der Waals surface area contributed by atoms with Crippen molar-refractivity contribution in [2.24, 2.45) is 10.3 Å². The first-order valence-corrected chi connectivity index (χ1v) is 10.6. The molecule has 0 aliphatic heterocycles. The molecule has 0 saturated heterocycles. The average Bonchev–Trinajstić information content (AvgIpc) is 2.55. The first-order valence-electron chi connectivity index (χ1n) is 8.17.